The molecule has 0 bridgehead atoms. The molecule has 3 rings (SSSR count). The zero-order valence-electron chi connectivity index (χ0n) is 12.1. The van der Waals surface area contributed by atoms with Crippen molar-refractivity contribution in [3.8, 4) is 0 Å². The average Bonchev–Trinajstić information content (AvgIpc) is 3.06. The van der Waals surface area contributed by atoms with Gasteiger partial charge in [0.15, 0.2) is 0 Å². The van der Waals surface area contributed by atoms with E-state index in [4.69, 9.17) is 0 Å². The minimum Gasteiger partial charge on any atom is -0.334 e. The Morgan fingerprint density at radius 3 is 2.52 bits per heavy atom. The summed E-state index contributed by atoms with van der Waals surface area (Å²) >= 11 is 1.68. The SMILES string of the molecule is CC(c1cccs1)N(C)C(=O)c1ccc2ccccc2c1. The Kier molecular flexibility index (Phi) is 3.76. The lowest BCUT2D eigenvalue weighted by atomic mass is 10.1. The second-order valence-electron chi connectivity index (χ2n) is 5.17. The van der Waals surface area contributed by atoms with Gasteiger partial charge in [-0.1, -0.05) is 36.4 Å². The molecule has 106 valence electrons. The summed E-state index contributed by atoms with van der Waals surface area (Å²) in [6.07, 6.45) is 0. The van der Waals surface area contributed by atoms with Crippen LogP contribution in [0.1, 0.15) is 28.2 Å². The second kappa shape index (κ2) is 5.70. The van der Waals surface area contributed by atoms with Gasteiger partial charge in [-0.2, -0.15) is 0 Å². The van der Waals surface area contributed by atoms with Gasteiger partial charge in [0.25, 0.3) is 5.91 Å². The molecule has 1 atom stereocenters. The summed E-state index contributed by atoms with van der Waals surface area (Å²) in [5, 5.41) is 4.30. The number of carbonyl (C=O) groups excluding carboxylic acids is 1. The van der Waals surface area contributed by atoms with Crippen LogP contribution in [0.4, 0.5) is 0 Å². The lowest BCUT2D eigenvalue weighted by Gasteiger charge is -2.24. The highest BCUT2D eigenvalue weighted by molar-refractivity contribution is 7.10. The largest absolute Gasteiger partial charge is 0.334 e. The highest BCUT2D eigenvalue weighted by atomic mass is 32.1. The van der Waals surface area contributed by atoms with Crippen LogP contribution in [0.5, 0.6) is 0 Å². The van der Waals surface area contributed by atoms with Crippen molar-refractivity contribution >= 4 is 28.0 Å². The number of benzene rings is 2. The molecule has 2 nitrogen and oxygen atoms in total. The van der Waals surface area contributed by atoms with E-state index in [2.05, 4.69) is 19.1 Å². The van der Waals surface area contributed by atoms with Gasteiger partial charge in [0, 0.05) is 17.5 Å². The Bertz CT molecular complexity index is 764. The summed E-state index contributed by atoms with van der Waals surface area (Å²) in [5.41, 5.74) is 0.736. The first-order valence-electron chi connectivity index (χ1n) is 6.96. The highest BCUT2D eigenvalue weighted by Crippen LogP contribution is 2.25. The maximum absolute atomic E-state index is 12.7. The van der Waals surface area contributed by atoms with E-state index in [0.29, 0.717) is 0 Å². The van der Waals surface area contributed by atoms with Crippen LogP contribution in [0.3, 0.4) is 0 Å². The molecule has 0 aliphatic carbocycles. The quantitative estimate of drug-likeness (QED) is 0.683. The van der Waals surface area contributed by atoms with Gasteiger partial charge in [-0.3, -0.25) is 4.79 Å². The normalized spacial score (nSPS) is 12.3. The number of carbonyl (C=O) groups is 1. The Labute approximate surface area is 128 Å². The summed E-state index contributed by atoms with van der Waals surface area (Å²) in [7, 11) is 1.86. The van der Waals surface area contributed by atoms with E-state index in [1.807, 2.05) is 54.9 Å². The minimum absolute atomic E-state index is 0.0571. The molecule has 3 aromatic rings. The third-order valence-electron chi connectivity index (χ3n) is 3.85. The Morgan fingerprint density at radius 2 is 1.81 bits per heavy atom. The van der Waals surface area contributed by atoms with Gasteiger partial charge in [0.2, 0.25) is 0 Å². The van der Waals surface area contributed by atoms with Crippen LogP contribution < -0.4 is 0 Å². The summed E-state index contributed by atoms with van der Waals surface area (Å²) < 4.78 is 0. The predicted octanol–water partition coefficient (Wildman–Crippen LogP) is 4.73. The number of rotatable bonds is 3. The van der Waals surface area contributed by atoms with Crippen LogP contribution in [0.25, 0.3) is 10.8 Å². The fourth-order valence-electron chi connectivity index (χ4n) is 2.42. The van der Waals surface area contributed by atoms with E-state index in [9.17, 15) is 4.79 Å². The molecule has 3 heteroatoms. The zero-order valence-corrected chi connectivity index (χ0v) is 12.9. The van der Waals surface area contributed by atoms with Crippen LogP contribution in [0.15, 0.2) is 60.0 Å². The molecular formula is C18H17NOS. The van der Waals surface area contributed by atoms with E-state index in [-0.39, 0.29) is 11.9 Å². The number of thiophene rings is 1. The van der Waals surface area contributed by atoms with Crippen molar-refractivity contribution in [3.63, 3.8) is 0 Å². The fraction of sp³-hybridized carbons (Fsp3) is 0.167. The molecule has 1 heterocycles. The molecule has 21 heavy (non-hydrogen) atoms. The molecule has 0 fully saturated rings. The Hall–Kier alpha value is -2.13. The zero-order chi connectivity index (χ0) is 14.8. The van der Waals surface area contributed by atoms with Crippen molar-refractivity contribution in [1.29, 1.82) is 0 Å². The van der Waals surface area contributed by atoms with E-state index >= 15 is 0 Å². The summed E-state index contributed by atoms with van der Waals surface area (Å²) in [6, 6.07) is 18.2. The first-order chi connectivity index (χ1) is 10.2. The number of nitrogens with zero attached hydrogens (tertiary/aromatic N) is 1. The molecule has 1 aromatic heterocycles. The predicted molar refractivity (Wildman–Crippen MR) is 88.8 cm³/mol. The summed E-state index contributed by atoms with van der Waals surface area (Å²) in [5.74, 6) is 0.0571. The minimum atomic E-state index is 0.0571. The van der Waals surface area contributed by atoms with Gasteiger partial charge in [-0.25, -0.2) is 0 Å². The first-order valence-corrected chi connectivity index (χ1v) is 7.84. The molecule has 1 amide bonds. The van der Waals surface area contributed by atoms with E-state index in [1.165, 1.54) is 4.88 Å². The smallest absolute Gasteiger partial charge is 0.254 e. The van der Waals surface area contributed by atoms with E-state index < -0.39 is 0 Å². The van der Waals surface area contributed by atoms with Crippen LogP contribution in [-0.4, -0.2) is 17.9 Å². The summed E-state index contributed by atoms with van der Waals surface area (Å²) in [6.45, 7) is 2.06. The van der Waals surface area contributed by atoms with Crippen molar-refractivity contribution in [2.75, 3.05) is 7.05 Å². The molecule has 0 aliphatic rings. The van der Waals surface area contributed by atoms with Crippen molar-refractivity contribution in [2.24, 2.45) is 0 Å². The maximum Gasteiger partial charge on any atom is 0.254 e. The van der Waals surface area contributed by atoms with Gasteiger partial charge in [0.05, 0.1) is 6.04 Å². The molecule has 0 spiro atoms. The fourth-order valence-corrected chi connectivity index (χ4v) is 3.25. The maximum atomic E-state index is 12.7. The molecule has 0 N–H and O–H groups in total. The molecular weight excluding hydrogens is 278 g/mol. The number of hydrogen-bond donors (Lipinski definition) is 0. The van der Waals surface area contributed by atoms with E-state index in [0.717, 1.165) is 16.3 Å². The topological polar surface area (TPSA) is 20.3 Å². The molecule has 1 unspecified atom stereocenters. The van der Waals surface area contributed by atoms with Crippen molar-refractivity contribution in [3.05, 3.63) is 70.4 Å². The highest BCUT2D eigenvalue weighted by Gasteiger charge is 2.19. The number of amides is 1. The molecule has 0 aliphatic heterocycles. The van der Waals surface area contributed by atoms with Crippen molar-refractivity contribution < 1.29 is 4.79 Å². The van der Waals surface area contributed by atoms with Crippen molar-refractivity contribution in [2.45, 2.75) is 13.0 Å². The van der Waals surface area contributed by atoms with Crippen LogP contribution in [0.2, 0.25) is 0 Å². The second-order valence-corrected chi connectivity index (χ2v) is 6.15. The molecule has 0 radical (unpaired) electrons. The molecule has 0 saturated heterocycles. The lowest BCUT2D eigenvalue weighted by molar-refractivity contribution is 0.0745. The van der Waals surface area contributed by atoms with Gasteiger partial charge in [0.1, 0.15) is 0 Å². The van der Waals surface area contributed by atoms with Gasteiger partial charge in [-0.15, -0.1) is 11.3 Å². The van der Waals surface area contributed by atoms with Crippen LogP contribution in [0, 0.1) is 0 Å². The number of fused-ring (bicyclic) bond motifs is 1. The van der Waals surface area contributed by atoms with E-state index in [1.54, 1.807) is 16.2 Å². The number of hydrogen-bond acceptors (Lipinski definition) is 2. The van der Waals surface area contributed by atoms with Crippen LogP contribution in [-0.2, 0) is 0 Å². The van der Waals surface area contributed by atoms with Gasteiger partial charge in [-0.05, 0) is 41.3 Å². The average molecular weight is 295 g/mol. The molecule has 2 aromatic carbocycles. The monoisotopic (exact) mass is 295 g/mol. The lowest BCUT2D eigenvalue weighted by Crippen LogP contribution is -2.29. The Balaban J connectivity index is 1.89. The third kappa shape index (κ3) is 2.69. The van der Waals surface area contributed by atoms with Gasteiger partial charge >= 0.3 is 0 Å². The first kappa shape index (κ1) is 13.8. The van der Waals surface area contributed by atoms with Crippen LogP contribution >= 0.6 is 11.3 Å². The van der Waals surface area contributed by atoms with Crippen molar-refractivity contribution in [1.82, 2.24) is 4.90 Å². The molecule has 0 saturated carbocycles. The standard InChI is InChI=1S/C18H17NOS/c1-13(17-8-5-11-21-17)19(2)18(20)16-10-9-14-6-3-4-7-15(14)12-16/h3-13H,1-2H3. The van der Waals surface area contributed by atoms with Gasteiger partial charge < -0.3 is 4.90 Å². The summed E-state index contributed by atoms with van der Waals surface area (Å²) in [4.78, 5) is 15.7. The third-order valence-corrected chi connectivity index (χ3v) is 4.90. The Morgan fingerprint density at radius 1 is 1.05 bits per heavy atom.